The van der Waals surface area contributed by atoms with Crippen molar-refractivity contribution < 1.29 is 14.3 Å². The molecule has 4 rings (SSSR count). The van der Waals surface area contributed by atoms with Crippen molar-refractivity contribution in [1.82, 2.24) is 9.80 Å². The second-order valence-electron chi connectivity index (χ2n) is 7.31. The monoisotopic (exact) mass is 410 g/mol. The van der Waals surface area contributed by atoms with Crippen LogP contribution in [-0.4, -0.2) is 54.4 Å². The predicted molar refractivity (Wildman–Crippen MR) is 113 cm³/mol. The number of rotatable bonds is 4. The molecule has 0 spiro atoms. The van der Waals surface area contributed by atoms with Crippen LogP contribution in [0.2, 0.25) is 5.02 Å². The fraction of sp³-hybridized carbons (Fsp3) is 0.304. The third-order valence-corrected chi connectivity index (χ3v) is 5.60. The molecule has 2 aromatic carbocycles. The molecule has 2 aromatic rings. The van der Waals surface area contributed by atoms with Crippen LogP contribution in [0.3, 0.4) is 0 Å². The number of amides is 2. The zero-order valence-corrected chi connectivity index (χ0v) is 16.9. The van der Waals surface area contributed by atoms with Gasteiger partial charge >= 0.3 is 0 Å². The summed E-state index contributed by atoms with van der Waals surface area (Å²) in [5.74, 6) is 0.995. The SMILES string of the molecule is O=C(/C=C/c1ccc2c(c1)CCO2)N1CCN(C(=O)Cc2ccc(Cl)cc2)CC1. The highest BCUT2D eigenvalue weighted by Crippen LogP contribution is 2.26. The molecule has 1 saturated heterocycles. The minimum atomic E-state index is -0.0217. The lowest BCUT2D eigenvalue weighted by molar-refractivity contribution is -0.136. The molecular formula is C23H23ClN2O3. The van der Waals surface area contributed by atoms with E-state index in [1.165, 1.54) is 5.56 Å². The number of halogens is 1. The van der Waals surface area contributed by atoms with Crippen molar-refractivity contribution in [1.29, 1.82) is 0 Å². The van der Waals surface area contributed by atoms with Gasteiger partial charge in [0, 0.05) is 43.7 Å². The van der Waals surface area contributed by atoms with Gasteiger partial charge in [-0.25, -0.2) is 0 Å². The van der Waals surface area contributed by atoms with E-state index in [-0.39, 0.29) is 11.8 Å². The van der Waals surface area contributed by atoms with Gasteiger partial charge < -0.3 is 14.5 Å². The van der Waals surface area contributed by atoms with E-state index < -0.39 is 0 Å². The van der Waals surface area contributed by atoms with Crippen LogP contribution in [-0.2, 0) is 22.4 Å². The van der Waals surface area contributed by atoms with Crippen LogP contribution in [0.5, 0.6) is 5.75 Å². The van der Waals surface area contributed by atoms with Crippen LogP contribution in [0, 0.1) is 0 Å². The first-order valence-electron chi connectivity index (χ1n) is 9.83. The lowest BCUT2D eigenvalue weighted by Gasteiger charge is -2.34. The standard InChI is InChI=1S/C23H23ClN2O3/c24-20-5-1-18(2-6-20)16-23(28)26-12-10-25(11-13-26)22(27)8-4-17-3-7-21-19(15-17)9-14-29-21/h1-8,15H,9-14,16H2/b8-4+. The molecule has 0 atom stereocenters. The maximum absolute atomic E-state index is 12.5. The van der Waals surface area contributed by atoms with Gasteiger partial charge in [0.1, 0.15) is 5.75 Å². The summed E-state index contributed by atoms with van der Waals surface area (Å²) < 4.78 is 5.51. The summed E-state index contributed by atoms with van der Waals surface area (Å²) in [5, 5.41) is 0.662. The van der Waals surface area contributed by atoms with Gasteiger partial charge in [-0.2, -0.15) is 0 Å². The first kappa shape index (κ1) is 19.5. The third-order valence-electron chi connectivity index (χ3n) is 5.34. The molecule has 0 aromatic heterocycles. The zero-order valence-electron chi connectivity index (χ0n) is 16.1. The zero-order chi connectivity index (χ0) is 20.2. The van der Waals surface area contributed by atoms with Crippen LogP contribution < -0.4 is 4.74 Å². The Morgan fingerprint density at radius 1 is 1.00 bits per heavy atom. The van der Waals surface area contributed by atoms with Crippen LogP contribution in [0.25, 0.3) is 6.08 Å². The van der Waals surface area contributed by atoms with Gasteiger partial charge in [-0.15, -0.1) is 0 Å². The summed E-state index contributed by atoms with van der Waals surface area (Å²) in [6, 6.07) is 13.3. The normalized spacial score (nSPS) is 16.0. The summed E-state index contributed by atoms with van der Waals surface area (Å²) in [4.78, 5) is 28.6. The van der Waals surface area contributed by atoms with E-state index in [1.54, 1.807) is 23.1 Å². The highest BCUT2D eigenvalue weighted by Gasteiger charge is 2.23. The van der Waals surface area contributed by atoms with Crippen molar-refractivity contribution in [3.63, 3.8) is 0 Å². The molecule has 6 heteroatoms. The average Bonchev–Trinajstić information content (AvgIpc) is 3.21. The van der Waals surface area contributed by atoms with Crippen molar-refractivity contribution in [2.45, 2.75) is 12.8 Å². The molecule has 150 valence electrons. The quantitative estimate of drug-likeness (QED) is 0.727. The van der Waals surface area contributed by atoms with E-state index in [4.69, 9.17) is 16.3 Å². The molecule has 0 N–H and O–H groups in total. The summed E-state index contributed by atoms with van der Waals surface area (Å²) in [6.45, 7) is 2.94. The van der Waals surface area contributed by atoms with Crippen LogP contribution in [0.15, 0.2) is 48.5 Å². The fourth-order valence-corrected chi connectivity index (χ4v) is 3.77. The Labute approximate surface area is 175 Å². The molecule has 0 unspecified atom stereocenters. The van der Waals surface area contributed by atoms with Gasteiger partial charge in [0.2, 0.25) is 11.8 Å². The molecule has 29 heavy (non-hydrogen) atoms. The van der Waals surface area contributed by atoms with Gasteiger partial charge in [0.25, 0.3) is 0 Å². The molecule has 2 heterocycles. The average molecular weight is 411 g/mol. The molecule has 2 amide bonds. The summed E-state index contributed by atoms with van der Waals surface area (Å²) >= 11 is 5.89. The highest BCUT2D eigenvalue weighted by atomic mass is 35.5. The maximum Gasteiger partial charge on any atom is 0.246 e. The number of carbonyl (C=O) groups excluding carboxylic acids is 2. The van der Waals surface area contributed by atoms with Crippen LogP contribution in [0.1, 0.15) is 16.7 Å². The van der Waals surface area contributed by atoms with Crippen molar-refractivity contribution >= 4 is 29.5 Å². The molecule has 0 bridgehead atoms. The van der Waals surface area contributed by atoms with Gasteiger partial charge in [-0.3, -0.25) is 9.59 Å². The van der Waals surface area contributed by atoms with E-state index in [0.29, 0.717) is 37.6 Å². The van der Waals surface area contributed by atoms with Crippen molar-refractivity contribution in [3.8, 4) is 5.75 Å². The predicted octanol–water partition coefficient (Wildman–Crippen LogP) is 3.20. The van der Waals surface area contributed by atoms with E-state index in [2.05, 4.69) is 6.07 Å². The Bertz CT molecular complexity index is 932. The number of nitrogens with zero attached hydrogens (tertiary/aromatic N) is 2. The summed E-state index contributed by atoms with van der Waals surface area (Å²) in [5.41, 5.74) is 3.13. The summed E-state index contributed by atoms with van der Waals surface area (Å²) in [7, 11) is 0. The molecule has 2 aliphatic rings. The second-order valence-corrected chi connectivity index (χ2v) is 7.74. The van der Waals surface area contributed by atoms with Crippen molar-refractivity contribution in [3.05, 3.63) is 70.3 Å². The number of fused-ring (bicyclic) bond motifs is 1. The highest BCUT2D eigenvalue weighted by molar-refractivity contribution is 6.30. The minimum absolute atomic E-state index is 0.0217. The number of carbonyl (C=O) groups is 2. The molecule has 1 fully saturated rings. The number of piperazine rings is 1. The van der Waals surface area contributed by atoms with E-state index in [9.17, 15) is 9.59 Å². The van der Waals surface area contributed by atoms with E-state index in [1.807, 2.05) is 35.2 Å². The molecular weight excluding hydrogens is 388 g/mol. The first-order valence-corrected chi connectivity index (χ1v) is 10.2. The minimum Gasteiger partial charge on any atom is -0.493 e. The van der Waals surface area contributed by atoms with Crippen molar-refractivity contribution in [2.75, 3.05) is 32.8 Å². The Kier molecular flexibility index (Phi) is 5.86. The van der Waals surface area contributed by atoms with Gasteiger partial charge in [-0.05, 0) is 47.0 Å². The molecule has 5 nitrogen and oxygen atoms in total. The number of hydrogen-bond donors (Lipinski definition) is 0. The molecule has 0 saturated carbocycles. The fourth-order valence-electron chi connectivity index (χ4n) is 3.65. The largest absolute Gasteiger partial charge is 0.493 e. The number of ether oxygens (including phenoxy) is 1. The van der Waals surface area contributed by atoms with E-state index >= 15 is 0 Å². The Morgan fingerprint density at radius 3 is 2.48 bits per heavy atom. The third kappa shape index (κ3) is 4.80. The first-order chi connectivity index (χ1) is 14.1. The van der Waals surface area contributed by atoms with Crippen LogP contribution >= 0.6 is 11.6 Å². The lowest BCUT2D eigenvalue weighted by Crippen LogP contribution is -2.50. The molecule has 2 aliphatic heterocycles. The molecule has 0 radical (unpaired) electrons. The second kappa shape index (κ2) is 8.70. The lowest BCUT2D eigenvalue weighted by atomic mass is 10.1. The number of hydrogen-bond acceptors (Lipinski definition) is 3. The number of benzene rings is 2. The topological polar surface area (TPSA) is 49.9 Å². The van der Waals surface area contributed by atoms with Gasteiger partial charge in [-0.1, -0.05) is 29.8 Å². The van der Waals surface area contributed by atoms with E-state index in [0.717, 1.165) is 29.9 Å². The van der Waals surface area contributed by atoms with Gasteiger partial charge in [0.05, 0.1) is 13.0 Å². The summed E-state index contributed by atoms with van der Waals surface area (Å²) in [6.07, 6.45) is 4.73. The maximum atomic E-state index is 12.5. The van der Waals surface area contributed by atoms with Crippen molar-refractivity contribution in [2.24, 2.45) is 0 Å². The Balaban J connectivity index is 1.28. The van der Waals surface area contributed by atoms with Gasteiger partial charge in [0.15, 0.2) is 0 Å². The molecule has 0 aliphatic carbocycles. The smallest absolute Gasteiger partial charge is 0.246 e. The Hall–Kier alpha value is -2.79. The van der Waals surface area contributed by atoms with Crippen LogP contribution in [0.4, 0.5) is 0 Å². The Morgan fingerprint density at radius 2 is 1.72 bits per heavy atom.